The van der Waals surface area contributed by atoms with E-state index in [1.54, 1.807) is 0 Å². The zero-order chi connectivity index (χ0) is 24.8. The summed E-state index contributed by atoms with van der Waals surface area (Å²) < 4.78 is 13.4. The first-order valence-electron chi connectivity index (χ1n) is 11.1. The monoisotopic (exact) mass is 616 g/mol. The minimum absolute atomic E-state index is 0.0846. The second-order valence-electron chi connectivity index (χ2n) is 8.25. The number of hydrogen-bond acceptors (Lipinski definition) is 8. The van der Waals surface area contributed by atoms with Crippen LogP contribution < -0.4 is 0 Å². The van der Waals surface area contributed by atoms with Crippen molar-refractivity contribution in [2.24, 2.45) is 5.92 Å². The van der Waals surface area contributed by atoms with E-state index in [1.165, 1.54) is 19.1 Å². The second-order valence-corrected chi connectivity index (χ2v) is 9.91. The molecule has 0 aromatic heterocycles. The first-order valence-corrected chi connectivity index (χ1v) is 14.0. The fourth-order valence-electron chi connectivity index (χ4n) is 4.84. The van der Waals surface area contributed by atoms with Crippen LogP contribution in [0.15, 0.2) is 24.3 Å². The first kappa shape index (κ1) is 31.4. The molecule has 3 rings (SSSR count). The molecule has 185 valence electrons. The van der Waals surface area contributed by atoms with Crippen LogP contribution in [0, 0.1) is 5.92 Å². The Morgan fingerprint density at radius 2 is 1.73 bits per heavy atom. The van der Waals surface area contributed by atoms with Crippen LogP contribution in [-0.4, -0.2) is 78.9 Å². The number of esters is 1. The topological polar surface area (TPSA) is 49.9 Å². The van der Waals surface area contributed by atoms with E-state index in [9.17, 15) is 4.79 Å². The predicted molar refractivity (Wildman–Crippen MR) is 137 cm³/mol. The van der Waals surface area contributed by atoms with Gasteiger partial charge in [-0.05, 0) is 63.6 Å². The number of rotatable bonds is 9. The Labute approximate surface area is 231 Å². The van der Waals surface area contributed by atoms with Gasteiger partial charge in [0.05, 0.1) is 13.0 Å². The maximum absolute atomic E-state index is 12.5. The number of methoxy groups -OCH3 is 1. The van der Waals surface area contributed by atoms with Crippen LogP contribution in [-0.2, 0) is 69.8 Å². The number of carbonyl (C=O) groups excluding carboxylic acids is 1. The van der Waals surface area contributed by atoms with Gasteiger partial charge in [-0.25, -0.2) is 0 Å². The molecule has 2 saturated heterocycles. The third-order valence-electron chi connectivity index (χ3n) is 6.34. The molecule has 1 aromatic carbocycles. The van der Waals surface area contributed by atoms with Crippen LogP contribution in [0.25, 0.3) is 0 Å². The zero-order valence-electron chi connectivity index (χ0n) is 19.3. The van der Waals surface area contributed by atoms with Crippen molar-refractivity contribution >= 4 is 55.5 Å². The van der Waals surface area contributed by atoms with E-state index in [0.717, 1.165) is 80.0 Å². The third kappa shape index (κ3) is 9.76. The van der Waals surface area contributed by atoms with Crippen molar-refractivity contribution in [3.05, 3.63) is 34.9 Å². The van der Waals surface area contributed by atoms with Crippen LogP contribution >= 0.6 is 11.6 Å². The molecule has 0 aliphatic carbocycles. The predicted octanol–water partition coefficient (Wildman–Crippen LogP) is 3.28. The van der Waals surface area contributed by atoms with Crippen molar-refractivity contribution in [2.45, 2.75) is 43.7 Å². The molecule has 10 heteroatoms. The summed E-state index contributed by atoms with van der Waals surface area (Å²) in [5.41, 5.74) is 1.20. The number of ether oxygens (including phenoxy) is 1. The molecule has 2 fully saturated rings. The summed E-state index contributed by atoms with van der Waals surface area (Å²) in [6.45, 7) is 2.98. The van der Waals surface area contributed by atoms with E-state index in [0.29, 0.717) is 6.04 Å². The fourth-order valence-corrected chi connectivity index (χ4v) is 5.72. The molecule has 2 bridgehead atoms. The van der Waals surface area contributed by atoms with Gasteiger partial charge in [-0.15, -0.1) is 0 Å². The average molecular weight is 617 g/mol. The molecule has 2 aliphatic rings. The van der Waals surface area contributed by atoms with Gasteiger partial charge in [-0.2, -0.15) is 17.3 Å². The molecule has 0 radical (unpaired) electrons. The van der Waals surface area contributed by atoms with Gasteiger partial charge in [-0.3, -0.25) is 9.69 Å². The number of nitrogens with zero attached hydrogens (tertiary/aromatic N) is 2. The summed E-state index contributed by atoms with van der Waals surface area (Å²) in [6.07, 6.45) is 4.27. The molecule has 0 saturated carbocycles. The van der Waals surface area contributed by atoms with Crippen LogP contribution in [0.3, 0.4) is 0 Å². The Kier molecular flexibility index (Phi) is 16.9. The van der Waals surface area contributed by atoms with Crippen molar-refractivity contribution in [1.29, 1.82) is 0 Å². The summed E-state index contributed by atoms with van der Waals surface area (Å²) in [7, 11) is 3.54. The summed E-state index contributed by atoms with van der Waals surface area (Å²) in [6, 6.07) is 8.78. The normalized spacial score (nSPS) is 23.9. The number of fused-ring (bicyclic) bond motifs is 2. The Hall–Kier alpha value is 0.399. The summed E-state index contributed by atoms with van der Waals surface area (Å²) in [4.78, 5) is 17.2. The molecule has 33 heavy (non-hydrogen) atoms. The van der Waals surface area contributed by atoms with Gasteiger partial charge in [0, 0.05) is 23.0 Å². The Morgan fingerprint density at radius 1 is 1.12 bits per heavy atom. The van der Waals surface area contributed by atoms with Crippen LogP contribution in [0.1, 0.15) is 37.2 Å². The van der Waals surface area contributed by atoms with Crippen LogP contribution in [0.2, 0.25) is 5.02 Å². The SMILES string of the molecule is CN(CC[S-])CC[S-].COC(=O)[C@@H]1C2CCC(C[C@@H]1c1ccc(Cl)cc1)N2CCC[S-].[O]=[99Tc+4]. The van der Waals surface area contributed by atoms with Gasteiger partial charge >= 0.3 is 28.3 Å². The van der Waals surface area contributed by atoms with E-state index in [4.69, 9.17) is 57.7 Å². The first-order chi connectivity index (χ1) is 16.0. The molecule has 2 aliphatic heterocycles. The summed E-state index contributed by atoms with van der Waals surface area (Å²) in [5, 5.41) is 0.731. The van der Waals surface area contributed by atoms with Crippen molar-refractivity contribution < 1.29 is 31.9 Å². The second kappa shape index (κ2) is 17.8. The molecule has 2 unspecified atom stereocenters. The van der Waals surface area contributed by atoms with Gasteiger partial charge < -0.3 is 47.5 Å². The quantitative estimate of drug-likeness (QED) is 0.310. The molecular formula is C23H34ClN2O3S3Tc+. The number of benzene rings is 1. The third-order valence-corrected chi connectivity index (χ3v) is 7.25. The summed E-state index contributed by atoms with van der Waals surface area (Å²) >= 11 is 21.6. The average Bonchev–Trinajstić information content (AvgIpc) is 3.10. The minimum atomic E-state index is -0.0925. The Balaban J connectivity index is 0.000000464. The van der Waals surface area contributed by atoms with Gasteiger partial charge in [0.2, 0.25) is 0 Å². The van der Waals surface area contributed by atoms with E-state index < -0.39 is 0 Å². The Morgan fingerprint density at radius 3 is 2.24 bits per heavy atom. The van der Waals surface area contributed by atoms with Gasteiger partial charge in [0.1, 0.15) is 0 Å². The van der Waals surface area contributed by atoms with Gasteiger partial charge in [0.25, 0.3) is 0 Å². The van der Waals surface area contributed by atoms with E-state index >= 15 is 0 Å². The fraction of sp³-hybridized carbons (Fsp3) is 0.696. The van der Waals surface area contributed by atoms with Crippen molar-refractivity contribution in [2.75, 3.05) is 51.1 Å². The van der Waals surface area contributed by atoms with Crippen molar-refractivity contribution in [3.63, 3.8) is 0 Å². The summed E-state index contributed by atoms with van der Waals surface area (Å²) in [5.74, 6) is 2.44. The number of piperidine rings is 1. The van der Waals surface area contributed by atoms with E-state index in [1.807, 2.05) is 19.2 Å². The molecule has 1 aromatic rings. The molecule has 0 amide bonds. The van der Waals surface area contributed by atoms with Gasteiger partial charge in [-0.1, -0.05) is 30.2 Å². The zero-order valence-corrected chi connectivity index (χ0v) is 24.4. The number of halogens is 1. The molecule has 4 atom stereocenters. The number of carbonyl (C=O) groups is 1. The van der Waals surface area contributed by atoms with Crippen LogP contribution in [0.4, 0.5) is 0 Å². The standard InChI is InChI=1S/C18H24ClNO2S.C5H13NS2.O.Tc/c1-22-18(21)17-15(12-3-5-13(19)6-4-12)11-14-7-8-16(17)20(14)9-2-10-23;1-6(2-4-7)3-5-8;;/h3-6,14-17,23H,2,7-11H2,1H3;7-8H,2-5H2,1H3;;/q;;;+4/p-3/t14?,15-,16?,17+;;;/m1.../s1/i;;;1+1. The number of hydrogen-bond donors (Lipinski definition) is 0. The van der Waals surface area contributed by atoms with E-state index in [2.05, 4.69) is 21.9 Å². The van der Waals surface area contributed by atoms with Crippen molar-refractivity contribution in [3.8, 4) is 0 Å². The molecule has 0 N–H and O–H groups in total. The van der Waals surface area contributed by atoms with Crippen LogP contribution in [0.5, 0.6) is 0 Å². The molecule has 0 spiro atoms. The van der Waals surface area contributed by atoms with Crippen molar-refractivity contribution in [1.82, 2.24) is 9.80 Å². The molecule has 2 heterocycles. The molecule has 5 nitrogen and oxygen atoms in total. The van der Waals surface area contributed by atoms with E-state index in [-0.39, 0.29) is 23.8 Å². The maximum atomic E-state index is 12.5. The van der Waals surface area contributed by atoms with Gasteiger partial charge in [0.15, 0.2) is 0 Å². The molecular weight excluding hydrogens is 583 g/mol. The Bertz CT molecular complexity index is 683.